The summed E-state index contributed by atoms with van der Waals surface area (Å²) in [5.41, 5.74) is 7.35. The van der Waals surface area contributed by atoms with Gasteiger partial charge in [0.1, 0.15) is 0 Å². The summed E-state index contributed by atoms with van der Waals surface area (Å²) in [6, 6.07) is 4.98. The van der Waals surface area contributed by atoms with Crippen molar-refractivity contribution in [3.8, 4) is 0 Å². The van der Waals surface area contributed by atoms with Crippen LogP contribution in [0.3, 0.4) is 0 Å². The molecule has 3 amide bonds. The summed E-state index contributed by atoms with van der Waals surface area (Å²) in [6.07, 6.45) is 0. The highest BCUT2D eigenvalue weighted by Crippen LogP contribution is 2.23. The Labute approximate surface area is 122 Å². The van der Waals surface area contributed by atoms with Crippen LogP contribution in [0.1, 0.15) is 5.56 Å². The number of aryl methyl sites for hydroxylation is 1. The number of anilines is 1. The van der Waals surface area contributed by atoms with Crippen LogP contribution in [-0.4, -0.2) is 38.0 Å². The number of amides is 3. The Morgan fingerprint density at radius 3 is 2.80 bits per heavy atom. The number of carbonyl (C=O) groups excluding carboxylic acids is 2. The second-order valence-corrected chi connectivity index (χ2v) is 5.13. The fraction of sp³-hybridized carbons (Fsp3) is 0.385. The number of ether oxygens (including phenoxy) is 1. The quantitative estimate of drug-likeness (QED) is 0.416. The SMILES string of the molecule is COCCNC(=O)NC(=O)CSc1ccc(N)cc1C. The predicted octanol–water partition coefficient (Wildman–Crippen LogP) is 1.14. The van der Waals surface area contributed by atoms with Crippen LogP contribution in [0.5, 0.6) is 0 Å². The number of urea groups is 1. The van der Waals surface area contributed by atoms with Gasteiger partial charge < -0.3 is 15.8 Å². The third-order valence-electron chi connectivity index (χ3n) is 2.40. The van der Waals surface area contributed by atoms with Crippen molar-refractivity contribution in [1.82, 2.24) is 10.6 Å². The molecule has 0 aliphatic heterocycles. The van der Waals surface area contributed by atoms with E-state index in [0.717, 1.165) is 10.5 Å². The maximum absolute atomic E-state index is 11.6. The fourth-order valence-electron chi connectivity index (χ4n) is 1.45. The molecule has 0 radical (unpaired) electrons. The van der Waals surface area contributed by atoms with Gasteiger partial charge in [-0.05, 0) is 30.7 Å². The van der Waals surface area contributed by atoms with Gasteiger partial charge in [-0.2, -0.15) is 0 Å². The first-order chi connectivity index (χ1) is 9.52. The largest absolute Gasteiger partial charge is 0.399 e. The molecule has 4 N–H and O–H groups in total. The molecule has 0 fully saturated rings. The standard InChI is InChI=1S/C13H19N3O3S/c1-9-7-10(14)3-4-11(9)20-8-12(17)16-13(18)15-5-6-19-2/h3-4,7H,5-6,8,14H2,1-2H3,(H2,15,16,17,18). The minimum atomic E-state index is -0.512. The molecule has 7 heteroatoms. The molecule has 1 aromatic rings. The first-order valence-corrected chi connectivity index (χ1v) is 7.07. The number of carbonyl (C=O) groups is 2. The van der Waals surface area contributed by atoms with E-state index in [2.05, 4.69) is 10.6 Å². The molecule has 0 saturated carbocycles. The summed E-state index contributed by atoms with van der Waals surface area (Å²) < 4.78 is 4.78. The third kappa shape index (κ3) is 5.94. The third-order valence-corrected chi connectivity index (χ3v) is 3.58. The van der Waals surface area contributed by atoms with Crippen LogP contribution in [0.15, 0.2) is 23.1 Å². The van der Waals surface area contributed by atoms with Crippen molar-refractivity contribution in [3.63, 3.8) is 0 Å². The predicted molar refractivity (Wildman–Crippen MR) is 79.7 cm³/mol. The topological polar surface area (TPSA) is 93.5 Å². The van der Waals surface area contributed by atoms with Gasteiger partial charge >= 0.3 is 6.03 Å². The highest BCUT2D eigenvalue weighted by molar-refractivity contribution is 8.00. The van der Waals surface area contributed by atoms with Gasteiger partial charge in [0.15, 0.2) is 0 Å². The van der Waals surface area contributed by atoms with Crippen molar-refractivity contribution in [2.45, 2.75) is 11.8 Å². The van der Waals surface area contributed by atoms with Crippen molar-refractivity contribution < 1.29 is 14.3 Å². The number of nitrogen functional groups attached to an aromatic ring is 1. The minimum Gasteiger partial charge on any atom is -0.399 e. The molecule has 0 atom stereocenters. The van der Waals surface area contributed by atoms with E-state index in [4.69, 9.17) is 10.5 Å². The molecule has 0 spiro atoms. The average molecular weight is 297 g/mol. The van der Waals surface area contributed by atoms with Crippen LogP contribution in [-0.2, 0) is 9.53 Å². The van der Waals surface area contributed by atoms with E-state index in [0.29, 0.717) is 18.8 Å². The van der Waals surface area contributed by atoms with Gasteiger partial charge in [0, 0.05) is 24.2 Å². The van der Waals surface area contributed by atoms with E-state index in [1.54, 1.807) is 6.07 Å². The fourth-order valence-corrected chi connectivity index (χ4v) is 2.26. The number of imide groups is 1. The molecular weight excluding hydrogens is 278 g/mol. The van der Waals surface area contributed by atoms with Gasteiger partial charge in [-0.3, -0.25) is 10.1 Å². The normalized spacial score (nSPS) is 10.1. The van der Waals surface area contributed by atoms with Gasteiger partial charge in [-0.25, -0.2) is 4.79 Å². The second-order valence-electron chi connectivity index (χ2n) is 4.11. The summed E-state index contributed by atoms with van der Waals surface area (Å²) in [6.45, 7) is 2.69. The number of hydrogen-bond donors (Lipinski definition) is 3. The van der Waals surface area contributed by atoms with E-state index in [9.17, 15) is 9.59 Å². The van der Waals surface area contributed by atoms with Crippen LogP contribution >= 0.6 is 11.8 Å². The Bertz CT molecular complexity index is 480. The zero-order chi connectivity index (χ0) is 15.0. The average Bonchev–Trinajstić information content (AvgIpc) is 2.38. The number of methoxy groups -OCH3 is 1. The Kier molecular flexibility index (Phi) is 6.89. The van der Waals surface area contributed by atoms with Crippen LogP contribution in [0.2, 0.25) is 0 Å². The summed E-state index contributed by atoms with van der Waals surface area (Å²) in [5, 5.41) is 4.76. The lowest BCUT2D eigenvalue weighted by molar-refractivity contribution is -0.117. The number of nitrogens with two attached hydrogens (primary N) is 1. The summed E-state index contributed by atoms with van der Waals surface area (Å²) in [5.74, 6) is -0.177. The number of rotatable bonds is 6. The van der Waals surface area contributed by atoms with Gasteiger partial charge in [0.05, 0.1) is 12.4 Å². The molecule has 1 rings (SSSR count). The molecule has 110 valence electrons. The minimum absolute atomic E-state index is 0.169. The van der Waals surface area contributed by atoms with Gasteiger partial charge in [-0.1, -0.05) is 0 Å². The Morgan fingerprint density at radius 2 is 2.15 bits per heavy atom. The van der Waals surface area contributed by atoms with Crippen LogP contribution in [0.25, 0.3) is 0 Å². The number of benzene rings is 1. The zero-order valence-corrected chi connectivity index (χ0v) is 12.4. The Morgan fingerprint density at radius 1 is 1.40 bits per heavy atom. The molecule has 1 aromatic carbocycles. The zero-order valence-electron chi connectivity index (χ0n) is 11.6. The van der Waals surface area contributed by atoms with Gasteiger partial charge in [0.25, 0.3) is 0 Å². The highest BCUT2D eigenvalue weighted by Gasteiger charge is 2.08. The van der Waals surface area contributed by atoms with E-state index in [1.807, 2.05) is 19.1 Å². The molecule has 0 aromatic heterocycles. The second kappa shape index (κ2) is 8.44. The van der Waals surface area contributed by atoms with Crippen molar-refractivity contribution in [1.29, 1.82) is 0 Å². The van der Waals surface area contributed by atoms with Crippen LogP contribution in [0, 0.1) is 6.92 Å². The van der Waals surface area contributed by atoms with Crippen molar-refractivity contribution >= 4 is 29.4 Å². The number of hydrogen-bond acceptors (Lipinski definition) is 5. The lowest BCUT2D eigenvalue weighted by atomic mass is 10.2. The maximum atomic E-state index is 11.6. The molecule has 0 aliphatic carbocycles. The first-order valence-electron chi connectivity index (χ1n) is 6.08. The van der Waals surface area contributed by atoms with Crippen molar-refractivity contribution in [2.75, 3.05) is 31.7 Å². The lowest BCUT2D eigenvalue weighted by Crippen LogP contribution is -2.41. The molecule has 6 nitrogen and oxygen atoms in total. The maximum Gasteiger partial charge on any atom is 0.321 e. The molecule has 0 aliphatic rings. The first kappa shape index (κ1) is 16.3. The van der Waals surface area contributed by atoms with E-state index in [-0.39, 0.29) is 11.7 Å². The molecule has 0 bridgehead atoms. The molecule has 20 heavy (non-hydrogen) atoms. The lowest BCUT2D eigenvalue weighted by Gasteiger charge is -2.08. The van der Waals surface area contributed by atoms with E-state index in [1.165, 1.54) is 18.9 Å². The number of thioether (sulfide) groups is 1. The Balaban J connectivity index is 2.34. The summed E-state index contributed by atoms with van der Waals surface area (Å²) >= 11 is 1.36. The molecular formula is C13H19N3O3S. The monoisotopic (exact) mass is 297 g/mol. The van der Waals surface area contributed by atoms with Gasteiger partial charge in [-0.15, -0.1) is 11.8 Å². The Hall–Kier alpha value is -1.73. The van der Waals surface area contributed by atoms with Gasteiger partial charge in [0.2, 0.25) is 5.91 Å². The molecule has 0 saturated heterocycles. The van der Waals surface area contributed by atoms with Crippen LogP contribution < -0.4 is 16.4 Å². The smallest absolute Gasteiger partial charge is 0.321 e. The van der Waals surface area contributed by atoms with E-state index >= 15 is 0 Å². The number of nitrogens with one attached hydrogen (secondary N) is 2. The van der Waals surface area contributed by atoms with Crippen molar-refractivity contribution in [2.24, 2.45) is 0 Å². The van der Waals surface area contributed by atoms with E-state index < -0.39 is 6.03 Å². The molecule has 0 unspecified atom stereocenters. The summed E-state index contributed by atoms with van der Waals surface area (Å²) in [7, 11) is 1.54. The highest BCUT2D eigenvalue weighted by atomic mass is 32.2. The summed E-state index contributed by atoms with van der Waals surface area (Å²) in [4.78, 5) is 23.9. The van der Waals surface area contributed by atoms with Crippen molar-refractivity contribution in [3.05, 3.63) is 23.8 Å². The molecule has 0 heterocycles. The van der Waals surface area contributed by atoms with Crippen LogP contribution in [0.4, 0.5) is 10.5 Å².